The molecule has 4 aromatic rings. The van der Waals surface area contributed by atoms with Crippen molar-refractivity contribution in [1.29, 1.82) is 0 Å². The summed E-state index contributed by atoms with van der Waals surface area (Å²) in [4.78, 5) is 0. The lowest BCUT2D eigenvalue weighted by atomic mass is 10.0. The SMILES string of the molecule is Cc1ccccc1-c1ccccc1[P+](C)(c1ccccc1)c1ccccc1. The molecule has 4 rings (SSSR count). The van der Waals surface area contributed by atoms with Crippen molar-refractivity contribution in [3.63, 3.8) is 0 Å². The zero-order valence-corrected chi connectivity index (χ0v) is 16.7. The van der Waals surface area contributed by atoms with E-state index in [9.17, 15) is 0 Å². The molecule has 0 unspecified atom stereocenters. The quantitative estimate of drug-likeness (QED) is 0.413. The first kappa shape index (κ1) is 17.7. The van der Waals surface area contributed by atoms with Crippen LogP contribution in [0, 0.1) is 6.92 Å². The molecule has 0 amide bonds. The molecule has 0 aliphatic heterocycles. The third-order valence-corrected chi connectivity index (χ3v) is 9.38. The van der Waals surface area contributed by atoms with Gasteiger partial charge >= 0.3 is 0 Å². The Hall–Kier alpha value is -2.69. The van der Waals surface area contributed by atoms with Crippen LogP contribution in [-0.2, 0) is 0 Å². The fraction of sp³-hybridized carbons (Fsp3) is 0.0769. The average Bonchev–Trinajstić information content (AvgIpc) is 2.75. The van der Waals surface area contributed by atoms with Gasteiger partial charge in [0.15, 0.2) is 0 Å². The molecule has 0 saturated heterocycles. The Morgan fingerprint density at radius 3 is 1.48 bits per heavy atom. The van der Waals surface area contributed by atoms with E-state index in [-0.39, 0.29) is 0 Å². The molecule has 0 aliphatic rings. The second-order valence-corrected chi connectivity index (χ2v) is 10.5. The number of benzene rings is 4. The number of aryl methyl sites for hydroxylation is 1. The van der Waals surface area contributed by atoms with E-state index in [0.717, 1.165) is 0 Å². The highest BCUT2D eigenvalue weighted by Gasteiger charge is 2.41. The fourth-order valence-electron chi connectivity index (χ4n) is 3.85. The van der Waals surface area contributed by atoms with Gasteiger partial charge in [-0.25, -0.2) is 0 Å². The lowest BCUT2D eigenvalue weighted by Gasteiger charge is -2.25. The molecule has 1 heteroatoms. The Bertz CT molecular complexity index is 996. The van der Waals surface area contributed by atoms with Gasteiger partial charge in [-0.1, -0.05) is 78.9 Å². The molecule has 27 heavy (non-hydrogen) atoms. The molecular weight excluding hydrogens is 343 g/mol. The molecule has 0 aliphatic carbocycles. The van der Waals surface area contributed by atoms with Gasteiger partial charge in [0, 0.05) is 5.56 Å². The van der Waals surface area contributed by atoms with Crippen LogP contribution in [0.2, 0.25) is 0 Å². The Morgan fingerprint density at radius 1 is 0.481 bits per heavy atom. The summed E-state index contributed by atoms with van der Waals surface area (Å²) in [6.45, 7) is 4.65. The van der Waals surface area contributed by atoms with Gasteiger partial charge in [0.05, 0.1) is 6.66 Å². The zero-order valence-electron chi connectivity index (χ0n) is 15.8. The fourth-order valence-corrected chi connectivity index (χ4v) is 7.30. The van der Waals surface area contributed by atoms with Gasteiger partial charge in [-0.15, -0.1) is 0 Å². The van der Waals surface area contributed by atoms with Crippen molar-refractivity contribution in [2.45, 2.75) is 6.92 Å². The molecule has 0 spiro atoms. The molecule has 0 nitrogen and oxygen atoms in total. The lowest BCUT2D eigenvalue weighted by Crippen LogP contribution is -2.31. The second-order valence-electron chi connectivity index (χ2n) is 7.01. The highest BCUT2D eigenvalue weighted by molar-refractivity contribution is 7.95. The molecule has 132 valence electrons. The highest BCUT2D eigenvalue weighted by atomic mass is 31.2. The van der Waals surface area contributed by atoms with Gasteiger partial charge in [-0.05, 0) is 48.4 Å². The maximum Gasteiger partial charge on any atom is 0.112 e. The Labute approximate surface area is 162 Å². The normalized spacial score (nSPS) is 11.3. The predicted molar refractivity (Wildman–Crippen MR) is 121 cm³/mol. The first-order valence-electron chi connectivity index (χ1n) is 9.34. The molecule has 0 N–H and O–H groups in total. The predicted octanol–water partition coefficient (Wildman–Crippen LogP) is 5.59. The summed E-state index contributed by atoms with van der Waals surface area (Å²) < 4.78 is 0. The average molecular weight is 367 g/mol. The van der Waals surface area contributed by atoms with E-state index in [4.69, 9.17) is 0 Å². The third-order valence-electron chi connectivity index (χ3n) is 5.37. The minimum Gasteiger partial charge on any atom is -0.0620 e. The van der Waals surface area contributed by atoms with Crippen molar-refractivity contribution in [3.05, 3.63) is 115 Å². The largest absolute Gasteiger partial charge is 0.112 e. The van der Waals surface area contributed by atoms with E-state index in [1.807, 2.05) is 0 Å². The zero-order chi connectivity index (χ0) is 18.7. The molecule has 0 aromatic heterocycles. The maximum absolute atomic E-state index is 2.45. The molecule has 0 saturated carbocycles. The Balaban J connectivity index is 2.03. The van der Waals surface area contributed by atoms with Gasteiger partial charge in [0.25, 0.3) is 0 Å². The van der Waals surface area contributed by atoms with E-state index in [0.29, 0.717) is 0 Å². The topological polar surface area (TPSA) is 0 Å². The molecule has 0 radical (unpaired) electrons. The monoisotopic (exact) mass is 367 g/mol. The van der Waals surface area contributed by atoms with E-state index in [1.165, 1.54) is 32.6 Å². The Morgan fingerprint density at radius 2 is 0.926 bits per heavy atom. The van der Waals surface area contributed by atoms with Crippen molar-refractivity contribution in [1.82, 2.24) is 0 Å². The van der Waals surface area contributed by atoms with E-state index in [1.54, 1.807) is 0 Å². The van der Waals surface area contributed by atoms with Gasteiger partial charge in [-0.2, -0.15) is 0 Å². The van der Waals surface area contributed by atoms with E-state index >= 15 is 0 Å². The molecular formula is C26H24P+. The molecule has 0 fully saturated rings. The number of rotatable bonds is 4. The summed E-state index contributed by atoms with van der Waals surface area (Å²) in [6.07, 6.45) is 0. The van der Waals surface area contributed by atoms with Crippen molar-refractivity contribution in [3.8, 4) is 11.1 Å². The summed E-state index contributed by atoms with van der Waals surface area (Å²) >= 11 is 0. The van der Waals surface area contributed by atoms with Crippen LogP contribution in [-0.4, -0.2) is 6.66 Å². The van der Waals surface area contributed by atoms with Crippen LogP contribution < -0.4 is 15.9 Å². The van der Waals surface area contributed by atoms with Crippen LogP contribution in [0.1, 0.15) is 5.56 Å². The second kappa shape index (κ2) is 7.51. The van der Waals surface area contributed by atoms with E-state index < -0.39 is 7.26 Å². The first-order chi connectivity index (χ1) is 13.2. The van der Waals surface area contributed by atoms with Crippen LogP contribution in [0.25, 0.3) is 11.1 Å². The van der Waals surface area contributed by atoms with Crippen molar-refractivity contribution in [2.75, 3.05) is 6.66 Å². The van der Waals surface area contributed by atoms with Crippen LogP contribution in [0.15, 0.2) is 109 Å². The first-order valence-corrected chi connectivity index (χ1v) is 11.6. The van der Waals surface area contributed by atoms with Crippen LogP contribution in [0.3, 0.4) is 0 Å². The minimum atomic E-state index is -1.75. The van der Waals surface area contributed by atoms with Gasteiger partial charge in [0.2, 0.25) is 0 Å². The molecule has 4 aromatic carbocycles. The third kappa shape index (κ3) is 3.22. The maximum atomic E-state index is 2.45. The summed E-state index contributed by atoms with van der Waals surface area (Å²) in [7, 11) is -1.75. The van der Waals surface area contributed by atoms with Crippen LogP contribution in [0.5, 0.6) is 0 Å². The molecule has 0 heterocycles. The van der Waals surface area contributed by atoms with Crippen molar-refractivity contribution < 1.29 is 0 Å². The highest BCUT2D eigenvalue weighted by Crippen LogP contribution is 2.53. The van der Waals surface area contributed by atoms with Gasteiger partial charge in [0.1, 0.15) is 23.2 Å². The van der Waals surface area contributed by atoms with Crippen molar-refractivity contribution in [2.24, 2.45) is 0 Å². The van der Waals surface area contributed by atoms with Gasteiger partial charge < -0.3 is 0 Å². The van der Waals surface area contributed by atoms with Crippen molar-refractivity contribution >= 4 is 23.2 Å². The lowest BCUT2D eigenvalue weighted by molar-refractivity contribution is 1.46. The summed E-state index contributed by atoms with van der Waals surface area (Å²) in [5.41, 5.74) is 3.99. The van der Waals surface area contributed by atoms with Crippen LogP contribution >= 0.6 is 7.26 Å². The van der Waals surface area contributed by atoms with Gasteiger partial charge in [-0.3, -0.25) is 0 Å². The standard InChI is InChI=1S/C26H24P/c1-21-13-9-10-18-24(21)25-19-11-12-20-26(25)27(2,22-14-5-3-6-15-22)23-16-7-4-8-17-23/h3-20H,1-2H3/q+1. The molecule has 0 bridgehead atoms. The Kier molecular flexibility index (Phi) is 4.92. The summed E-state index contributed by atoms with van der Waals surface area (Å²) in [5, 5.41) is 4.27. The minimum absolute atomic E-state index is 1.32. The number of hydrogen-bond acceptors (Lipinski definition) is 0. The smallest absolute Gasteiger partial charge is 0.0620 e. The van der Waals surface area contributed by atoms with Crippen LogP contribution in [0.4, 0.5) is 0 Å². The molecule has 0 atom stereocenters. The summed E-state index contributed by atoms with van der Waals surface area (Å²) in [5.74, 6) is 0. The van der Waals surface area contributed by atoms with E-state index in [2.05, 4.69) is 123 Å². The summed E-state index contributed by atoms with van der Waals surface area (Å²) in [6, 6.07) is 39.6. The number of hydrogen-bond donors (Lipinski definition) is 0.